The average Bonchev–Trinajstić information content (AvgIpc) is 3.11. The normalized spacial score (nSPS) is 14.5. The number of hydrogen-bond acceptors (Lipinski definition) is 6. The van der Waals surface area contributed by atoms with Crippen molar-refractivity contribution >= 4 is 67.9 Å². The molecule has 1 amide bonds. The van der Waals surface area contributed by atoms with E-state index in [1.54, 1.807) is 24.3 Å². The number of rotatable bonds is 7. The van der Waals surface area contributed by atoms with Crippen LogP contribution in [-0.4, -0.2) is 28.4 Å². The predicted octanol–water partition coefficient (Wildman–Crippen LogP) is 6.14. The van der Waals surface area contributed by atoms with E-state index in [2.05, 4.69) is 15.9 Å². The minimum absolute atomic E-state index is 0.179. The number of benzene rings is 3. The van der Waals surface area contributed by atoms with Crippen molar-refractivity contribution in [1.82, 2.24) is 0 Å². The van der Waals surface area contributed by atoms with Gasteiger partial charge in [0.1, 0.15) is 6.61 Å². The van der Waals surface area contributed by atoms with Gasteiger partial charge in [-0.1, -0.05) is 54.3 Å². The number of nitrogens with zero attached hydrogens (tertiary/aromatic N) is 1. The molecule has 1 aliphatic rings. The second kappa shape index (κ2) is 10.4. The molecule has 1 aliphatic heterocycles. The summed E-state index contributed by atoms with van der Waals surface area (Å²) in [5.41, 5.74) is 2.50. The number of carbonyl (C=O) groups excluding carboxylic acids is 1. The Morgan fingerprint density at radius 2 is 1.85 bits per heavy atom. The molecule has 0 aromatic heterocycles. The Balaban J connectivity index is 1.55. The van der Waals surface area contributed by atoms with E-state index in [-0.39, 0.29) is 18.1 Å². The third-order valence-electron chi connectivity index (χ3n) is 4.94. The van der Waals surface area contributed by atoms with Crippen molar-refractivity contribution in [1.29, 1.82) is 0 Å². The van der Waals surface area contributed by atoms with Crippen molar-refractivity contribution in [2.45, 2.75) is 6.61 Å². The highest BCUT2D eigenvalue weighted by Crippen LogP contribution is 2.40. The van der Waals surface area contributed by atoms with Gasteiger partial charge in [-0.15, -0.1) is 0 Å². The van der Waals surface area contributed by atoms with E-state index >= 15 is 0 Å². The number of anilines is 1. The molecule has 172 valence electrons. The van der Waals surface area contributed by atoms with Crippen molar-refractivity contribution in [2.75, 3.05) is 12.0 Å². The van der Waals surface area contributed by atoms with Crippen molar-refractivity contribution in [2.24, 2.45) is 0 Å². The molecule has 0 spiro atoms. The molecular weight excluding hydrogens is 538 g/mol. The number of amides is 1. The van der Waals surface area contributed by atoms with Crippen molar-refractivity contribution in [3.05, 3.63) is 92.8 Å². The summed E-state index contributed by atoms with van der Waals surface area (Å²) < 4.78 is 12.6. The van der Waals surface area contributed by atoms with E-state index < -0.39 is 5.97 Å². The molecule has 1 N–H and O–H groups in total. The van der Waals surface area contributed by atoms with Crippen LogP contribution in [0.2, 0.25) is 0 Å². The smallest absolute Gasteiger partial charge is 0.335 e. The number of methoxy groups -OCH3 is 1. The summed E-state index contributed by atoms with van der Waals surface area (Å²) in [6.07, 6.45) is 1.77. The molecule has 1 fully saturated rings. The molecule has 0 unspecified atom stereocenters. The van der Waals surface area contributed by atoms with Crippen LogP contribution in [-0.2, 0) is 11.4 Å². The Hall–Kier alpha value is -3.14. The quantitative estimate of drug-likeness (QED) is 0.277. The zero-order valence-electron chi connectivity index (χ0n) is 17.9. The lowest BCUT2D eigenvalue weighted by Gasteiger charge is -2.14. The molecule has 0 bridgehead atoms. The number of carboxylic acids is 1. The maximum absolute atomic E-state index is 13.0. The van der Waals surface area contributed by atoms with Crippen LogP contribution in [0, 0.1) is 0 Å². The number of aromatic carboxylic acids is 1. The zero-order valence-corrected chi connectivity index (χ0v) is 21.1. The van der Waals surface area contributed by atoms with Gasteiger partial charge in [-0.3, -0.25) is 9.69 Å². The first kappa shape index (κ1) is 24.0. The average molecular weight is 556 g/mol. The van der Waals surface area contributed by atoms with Gasteiger partial charge in [0.15, 0.2) is 15.8 Å². The molecule has 4 rings (SSSR count). The molecule has 0 atom stereocenters. The second-order valence-electron chi connectivity index (χ2n) is 7.18. The summed E-state index contributed by atoms with van der Waals surface area (Å²) >= 11 is 10.2. The van der Waals surface area contributed by atoms with Gasteiger partial charge in [-0.05, 0) is 69.5 Å². The number of hydrogen-bond donors (Lipinski definition) is 1. The summed E-state index contributed by atoms with van der Waals surface area (Å²) in [4.78, 5) is 26.0. The Labute approximate surface area is 214 Å². The highest BCUT2D eigenvalue weighted by atomic mass is 79.9. The van der Waals surface area contributed by atoms with Crippen LogP contribution in [0.4, 0.5) is 5.69 Å². The number of thiocarbonyl (C=S) groups is 1. The Bertz CT molecular complexity index is 1290. The maximum atomic E-state index is 13.0. The van der Waals surface area contributed by atoms with Gasteiger partial charge >= 0.3 is 5.97 Å². The Kier molecular flexibility index (Phi) is 7.35. The van der Waals surface area contributed by atoms with Gasteiger partial charge in [0.2, 0.25) is 0 Å². The first-order chi connectivity index (χ1) is 16.4. The summed E-state index contributed by atoms with van der Waals surface area (Å²) in [7, 11) is 1.54. The van der Waals surface area contributed by atoms with Crippen LogP contribution >= 0.6 is 39.9 Å². The fourth-order valence-electron chi connectivity index (χ4n) is 3.28. The van der Waals surface area contributed by atoms with Gasteiger partial charge in [0.25, 0.3) is 5.91 Å². The lowest BCUT2D eigenvalue weighted by molar-refractivity contribution is -0.113. The van der Waals surface area contributed by atoms with Crippen LogP contribution in [0.3, 0.4) is 0 Å². The summed E-state index contributed by atoms with van der Waals surface area (Å²) in [5.74, 6) is -0.172. The molecule has 34 heavy (non-hydrogen) atoms. The van der Waals surface area contributed by atoms with Crippen LogP contribution in [0.15, 0.2) is 76.1 Å². The minimum atomic E-state index is -0.979. The predicted molar refractivity (Wildman–Crippen MR) is 141 cm³/mol. The number of carbonyl (C=O) groups is 2. The van der Waals surface area contributed by atoms with Crippen molar-refractivity contribution < 1.29 is 24.2 Å². The summed E-state index contributed by atoms with van der Waals surface area (Å²) in [6.45, 7) is 0.226. The summed E-state index contributed by atoms with van der Waals surface area (Å²) in [6, 6.07) is 19.4. The number of thioether (sulfide) groups is 1. The molecule has 3 aromatic rings. The van der Waals surface area contributed by atoms with Crippen molar-refractivity contribution in [3.8, 4) is 11.5 Å². The summed E-state index contributed by atoms with van der Waals surface area (Å²) in [5, 5.41) is 9.03. The molecule has 1 saturated heterocycles. The lowest BCUT2D eigenvalue weighted by atomic mass is 10.1. The maximum Gasteiger partial charge on any atom is 0.335 e. The van der Waals surface area contributed by atoms with E-state index in [0.717, 1.165) is 16.8 Å². The minimum Gasteiger partial charge on any atom is -0.493 e. The van der Waals surface area contributed by atoms with Crippen LogP contribution < -0.4 is 14.4 Å². The number of ether oxygens (including phenoxy) is 2. The van der Waals surface area contributed by atoms with E-state index in [4.69, 9.17) is 26.8 Å². The Morgan fingerprint density at radius 1 is 1.15 bits per heavy atom. The van der Waals surface area contributed by atoms with E-state index in [1.807, 2.05) is 36.4 Å². The molecule has 3 aromatic carbocycles. The molecular formula is C25H18BrNO5S2. The van der Waals surface area contributed by atoms with Gasteiger partial charge in [-0.25, -0.2) is 4.79 Å². The van der Waals surface area contributed by atoms with Gasteiger partial charge in [-0.2, -0.15) is 0 Å². The fourth-order valence-corrected chi connectivity index (χ4v) is 5.15. The fraction of sp³-hybridized carbons (Fsp3) is 0.0800. The Morgan fingerprint density at radius 3 is 2.50 bits per heavy atom. The lowest BCUT2D eigenvalue weighted by Crippen LogP contribution is -2.27. The van der Waals surface area contributed by atoms with E-state index in [9.17, 15) is 9.59 Å². The zero-order chi connectivity index (χ0) is 24.2. The second-order valence-corrected chi connectivity index (χ2v) is 9.71. The third-order valence-corrected chi connectivity index (χ3v) is 6.83. The largest absolute Gasteiger partial charge is 0.493 e. The molecule has 6 nitrogen and oxygen atoms in total. The number of carboxylic acid groups (broad SMARTS) is 1. The van der Waals surface area contributed by atoms with E-state index in [1.165, 1.54) is 35.9 Å². The first-order valence-electron chi connectivity index (χ1n) is 10.0. The monoisotopic (exact) mass is 555 g/mol. The van der Waals surface area contributed by atoms with Gasteiger partial charge in [0.05, 0.1) is 27.7 Å². The number of para-hydroxylation sites is 1. The van der Waals surface area contributed by atoms with E-state index in [0.29, 0.717) is 25.2 Å². The topological polar surface area (TPSA) is 76.1 Å². The molecule has 1 heterocycles. The molecule has 0 saturated carbocycles. The molecule has 0 aliphatic carbocycles. The highest BCUT2D eigenvalue weighted by Gasteiger charge is 2.33. The van der Waals surface area contributed by atoms with Crippen LogP contribution in [0.25, 0.3) is 6.08 Å². The molecule has 0 radical (unpaired) electrons. The highest BCUT2D eigenvalue weighted by molar-refractivity contribution is 9.10. The number of halogens is 1. The standard InChI is InChI=1S/C25H18BrNO5S2/c1-31-20-12-16(13-21-23(28)27(25(33)34-21)18-5-3-2-4-6-18)11-19(26)22(20)32-14-15-7-9-17(10-8-15)24(29)30/h2-13H,14H2,1H3,(H,29,30)/b21-13+. The van der Waals surface area contributed by atoms with Gasteiger partial charge in [0, 0.05) is 0 Å². The first-order valence-corrected chi connectivity index (χ1v) is 12.0. The van der Waals surface area contributed by atoms with Crippen LogP contribution in [0.1, 0.15) is 21.5 Å². The van der Waals surface area contributed by atoms with Crippen molar-refractivity contribution in [3.63, 3.8) is 0 Å². The SMILES string of the molecule is COc1cc(/C=C2/SC(=S)N(c3ccccc3)C2=O)cc(Br)c1OCc1ccc(C(=O)O)cc1. The molecule has 9 heteroatoms. The third kappa shape index (κ3) is 5.16. The van der Waals surface area contributed by atoms with Gasteiger partial charge < -0.3 is 14.6 Å². The van der Waals surface area contributed by atoms with Crippen LogP contribution in [0.5, 0.6) is 11.5 Å².